The Balaban J connectivity index is 1.72. The monoisotopic (exact) mass is 357 g/mol. The topological polar surface area (TPSA) is 91.9 Å². The van der Waals surface area contributed by atoms with E-state index in [4.69, 9.17) is 0 Å². The highest BCUT2D eigenvalue weighted by molar-refractivity contribution is 7.99. The van der Waals surface area contributed by atoms with Crippen molar-refractivity contribution in [1.82, 2.24) is 9.97 Å². The van der Waals surface area contributed by atoms with Gasteiger partial charge in [-0.25, -0.2) is 4.98 Å². The van der Waals surface area contributed by atoms with Gasteiger partial charge in [0.25, 0.3) is 5.56 Å². The van der Waals surface area contributed by atoms with E-state index >= 15 is 0 Å². The summed E-state index contributed by atoms with van der Waals surface area (Å²) in [4.78, 5) is 42.8. The summed E-state index contributed by atoms with van der Waals surface area (Å²) in [6, 6.07) is 6.73. The van der Waals surface area contributed by atoms with Crippen molar-refractivity contribution in [3.8, 4) is 0 Å². The fourth-order valence-corrected chi connectivity index (χ4v) is 3.53. The predicted octanol–water partition coefficient (Wildman–Crippen LogP) is 2.75. The van der Waals surface area contributed by atoms with Crippen molar-refractivity contribution in [2.24, 2.45) is 0 Å². The number of aryl methyl sites for hydroxylation is 1. The maximum absolute atomic E-state index is 12.5. The predicted molar refractivity (Wildman–Crippen MR) is 97.4 cm³/mol. The quantitative estimate of drug-likeness (QED) is 0.471. The molecule has 0 saturated heterocycles. The minimum Gasteiger partial charge on any atom is -0.325 e. The molecule has 0 saturated carbocycles. The van der Waals surface area contributed by atoms with Crippen LogP contribution in [0.2, 0.25) is 0 Å². The summed E-state index contributed by atoms with van der Waals surface area (Å²) in [7, 11) is 0. The van der Waals surface area contributed by atoms with Gasteiger partial charge >= 0.3 is 0 Å². The molecule has 6 nitrogen and oxygen atoms in total. The number of aromatic amines is 1. The summed E-state index contributed by atoms with van der Waals surface area (Å²) in [6.45, 7) is 3.84. The molecule has 0 bridgehead atoms. The molecule has 1 aliphatic rings. The second-order valence-corrected chi connectivity index (χ2v) is 6.98. The minimum absolute atomic E-state index is 0.0523. The molecule has 1 aromatic carbocycles. The van der Waals surface area contributed by atoms with Crippen LogP contribution in [0.1, 0.15) is 47.8 Å². The maximum Gasteiger partial charge on any atom is 0.251 e. The third-order valence-electron chi connectivity index (χ3n) is 4.11. The molecule has 1 amide bonds. The zero-order chi connectivity index (χ0) is 18.0. The lowest BCUT2D eigenvalue weighted by atomic mass is 9.99. The number of carbonyl (C=O) groups is 2. The van der Waals surface area contributed by atoms with E-state index in [0.717, 1.165) is 29.8 Å². The maximum atomic E-state index is 12.5. The number of hydrogen-bond acceptors (Lipinski definition) is 5. The number of carbonyl (C=O) groups excluding carboxylic acids is 2. The van der Waals surface area contributed by atoms with Crippen LogP contribution in [0.25, 0.3) is 0 Å². The molecule has 0 radical (unpaired) electrons. The van der Waals surface area contributed by atoms with Crippen molar-refractivity contribution in [2.45, 2.75) is 37.8 Å². The summed E-state index contributed by atoms with van der Waals surface area (Å²) in [5.41, 5.74) is 2.69. The van der Waals surface area contributed by atoms with E-state index in [1.165, 1.54) is 17.8 Å². The molecule has 2 N–H and O–H groups in total. The SMILES string of the molecule is CCCc1cc(=O)[nH]c(SCC(=O)c2ccc3c(c2)[C@H](C)C(=O)N3)n1. The zero-order valence-corrected chi connectivity index (χ0v) is 14.9. The largest absolute Gasteiger partial charge is 0.325 e. The molecule has 1 aromatic heterocycles. The standard InChI is InChI=1S/C18H19N3O3S/c1-3-4-12-8-16(23)21-18(19-12)25-9-15(22)11-5-6-14-13(7-11)10(2)17(24)20-14/h5-8,10H,3-4,9H2,1-2H3,(H,20,24)(H,19,21,23)/t10-/m0/s1. The second kappa shape index (κ2) is 7.23. The first-order valence-corrected chi connectivity index (χ1v) is 9.17. The van der Waals surface area contributed by atoms with Crippen LogP contribution in [0.5, 0.6) is 0 Å². The minimum atomic E-state index is -0.251. The van der Waals surface area contributed by atoms with Crippen molar-refractivity contribution in [3.63, 3.8) is 0 Å². The van der Waals surface area contributed by atoms with Crippen molar-refractivity contribution in [1.29, 1.82) is 0 Å². The number of Topliss-reactive ketones (excluding diaryl/α,β-unsaturated/α-hetero) is 1. The molecule has 2 aromatic rings. The van der Waals surface area contributed by atoms with Crippen LogP contribution in [0.3, 0.4) is 0 Å². The Morgan fingerprint density at radius 1 is 1.28 bits per heavy atom. The average Bonchev–Trinajstić information content (AvgIpc) is 2.86. The summed E-state index contributed by atoms with van der Waals surface area (Å²) >= 11 is 1.21. The highest BCUT2D eigenvalue weighted by Gasteiger charge is 2.27. The summed E-state index contributed by atoms with van der Waals surface area (Å²) in [6.07, 6.45) is 1.63. The Labute approximate surface area is 149 Å². The van der Waals surface area contributed by atoms with E-state index in [2.05, 4.69) is 15.3 Å². The van der Waals surface area contributed by atoms with Gasteiger partial charge < -0.3 is 10.3 Å². The van der Waals surface area contributed by atoms with Gasteiger partial charge in [0.1, 0.15) is 0 Å². The van der Waals surface area contributed by atoms with Crippen LogP contribution in [-0.2, 0) is 11.2 Å². The Bertz CT molecular complexity index is 891. The molecule has 1 aliphatic heterocycles. The van der Waals surface area contributed by atoms with E-state index in [1.807, 2.05) is 13.8 Å². The van der Waals surface area contributed by atoms with Crippen LogP contribution in [0, 0.1) is 0 Å². The molecule has 130 valence electrons. The fraction of sp³-hybridized carbons (Fsp3) is 0.333. The lowest BCUT2D eigenvalue weighted by Gasteiger charge is -2.06. The van der Waals surface area contributed by atoms with Crippen LogP contribution in [0.15, 0.2) is 34.2 Å². The average molecular weight is 357 g/mol. The number of rotatable bonds is 6. The van der Waals surface area contributed by atoms with Crippen LogP contribution < -0.4 is 10.9 Å². The molecule has 0 spiro atoms. The number of aromatic nitrogens is 2. The van der Waals surface area contributed by atoms with Crippen molar-refractivity contribution >= 4 is 29.1 Å². The van der Waals surface area contributed by atoms with Crippen molar-refractivity contribution in [3.05, 3.63) is 51.4 Å². The van der Waals surface area contributed by atoms with Gasteiger partial charge in [0.15, 0.2) is 10.9 Å². The number of ketones is 1. The van der Waals surface area contributed by atoms with E-state index in [1.54, 1.807) is 18.2 Å². The lowest BCUT2D eigenvalue weighted by Crippen LogP contribution is -2.11. The first-order valence-electron chi connectivity index (χ1n) is 8.19. The normalized spacial score (nSPS) is 15.8. The van der Waals surface area contributed by atoms with Gasteiger partial charge in [0, 0.05) is 23.0 Å². The highest BCUT2D eigenvalue weighted by atomic mass is 32.2. The van der Waals surface area contributed by atoms with Crippen LogP contribution >= 0.6 is 11.8 Å². The number of anilines is 1. The number of hydrogen-bond donors (Lipinski definition) is 2. The van der Waals surface area contributed by atoms with Gasteiger partial charge in [0.05, 0.1) is 11.7 Å². The zero-order valence-electron chi connectivity index (χ0n) is 14.1. The smallest absolute Gasteiger partial charge is 0.251 e. The van der Waals surface area contributed by atoms with E-state index in [9.17, 15) is 14.4 Å². The molecule has 3 rings (SSSR count). The number of nitrogens with zero attached hydrogens (tertiary/aromatic N) is 1. The molecular weight excluding hydrogens is 338 g/mol. The van der Waals surface area contributed by atoms with E-state index in [-0.39, 0.29) is 28.9 Å². The van der Waals surface area contributed by atoms with E-state index < -0.39 is 0 Å². The van der Waals surface area contributed by atoms with Gasteiger partial charge in [-0.2, -0.15) is 0 Å². The Morgan fingerprint density at radius 2 is 2.08 bits per heavy atom. The number of fused-ring (bicyclic) bond motifs is 1. The summed E-state index contributed by atoms with van der Waals surface area (Å²) < 4.78 is 0. The van der Waals surface area contributed by atoms with Crippen LogP contribution in [0.4, 0.5) is 5.69 Å². The molecular formula is C18H19N3O3S. The van der Waals surface area contributed by atoms with Gasteiger partial charge in [-0.3, -0.25) is 14.4 Å². The first-order chi connectivity index (χ1) is 12.0. The highest BCUT2D eigenvalue weighted by Crippen LogP contribution is 2.33. The van der Waals surface area contributed by atoms with Crippen molar-refractivity contribution < 1.29 is 9.59 Å². The number of nitrogens with one attached hydrogen (secondary N) is 2. The molecule has 25 heavy (non-hydrogen) atoms. The van der Waals surface area contributed by atoms with Crippen molar-refractivity contribution in [2.75, 3.05) is 11.1 Å². The molecule has 2 heterocycles. The number of amides is 1. The lowest BCUT2D eigenvalue weighted by molar-refractivity contribution is -0.116. The molecule has 0 aliphatic carbocycles. The number of benzene rings is 1. The van der Waals surface area contributed by atoms with Gasteiger partial charge in [-0.05, 0) is 37.1 Å². The number of thioether (sulfide) groups is 1. The van der Waals surface area contributed by atoms with Gasteiger partial charge in [0.2, 0.25) is 5.91 Å². The molecule has 7 heteroatoms. The molecule has 0 fully saturated rings. The molecule has 1 atom stereocenters. The summed E-state index contributed by atoms with van der Waals surface area (Å²) in [5, 5.41) is 3.24. The Hall–Kier alpha value is -2.41. The number of H-pyrrole nitrogens is 1. The van der Waals surface area contributed by atoms with Gasteiger partial charge in [-0.1, -0.05) is 25.1 Å². The Morgan fingerprint density at radius 3 is 2.84 bits per heavy atom. The third kappa shape index (κ3) is 3.82. The van der Waals surface area contributed by atoms with Gasteiger partial charge in [-0.15, -0.1) is 0 Å². The first kappa shape index (κ1) is 17.4. The summed E-state index contributed by atoms with van der Waals surface area (Å²) in [5.74, 6) is -0.196. The van der Waals surface area contributed by atoms with E-state index in [0.29, 0.717) is 10.7 Å². The third-order valence-corrected chi connectivity index (χ3v) is 4.98. The fourth-order valence-electron chi connectivity index (χ4n) is 2.74. The second-order valence-electron chi connectivity index (χ2n) is 6.02. The Kier molecular flexibility index (Phi) is 5.03. The molecule has 0 unspecified atom stereocenters. The van der Waals surface area contributed by atoms with Crippen LogP contribution in [-0.4, -0.2) is 27.4 Å².